The molecule has 0 spiro atoms. The van der Waals surface area contributed by atoms with Crippen molar-refractivity contribution in [3.05, 3.63) is 41.4 Å². The summed E-state index contributed by atoms with van der Waals surface area (Å²) in [4.78, 5) is 23.6. The number of aromatic nitrogens is 1. The predicted octanol–water partition coefficient (Wildman–Crippen LogP) is 3.39. The highest BCUT2D eigenvalue weighted by Gasteiger charge is 2.37. The molecule has 2 aromatic rings. The number of fused-ring (bicyclic) bond motifs is 4. The Labute approximate surface area is 159 Å². The number of hydrogen-bond donors (Lipinski definition) is 0. The Balaban J connectivity index is 1.46. The Kier molecular flexibility index (Phi) is 4.96. The maximum Gasteiger partial charge on any atom is 0.319 e. The molecule has 3 saturated heterocycles. The fourth-order valence-electron chi connectivity index (χ4n) is 4.11. The molecule has 1 aromatic carbocycles. The second kappa shape index (κ2) is 7.37. The summed E-state index contributed by atoms with van der Waals surface area (Å²) in [6.07, 6.45) is 2.41. The third kappa shape index (κ3) is 3.62. The normalized spacial score (nSPS) is 23.1. The minimum atomic E-state index is 0.142. The number of benzene rings is 1. The first-order valence-corrected chi connectivity index (χ1v) is 10.2. The van der Waals surface area contributed by atoms with Crippen molar-refractivity contribution in [2.24, 2.45) is 5.92 Å². The second-order valence-corrected chi connectivity index (χ2v) is 8.48. The first kappa shape index (κ1) is 17.5. The van der Waals surface area contributed by atoms with Crippen LogP contribution < -0.4 is 0 Å². The van der Waals surface area contributed by atoms with Gasteiger partial charge in [0.15, 0.2) is 0 Å². The molecule has 5 nitrogen and oxygen atoms in total. The van der Waals surface area contributed by atoms with Gasteiger partial charge in [-0.3, -0.25) is 4.90 Å². The molecule has 3 aliphatic rings. The molecule has 2 atom stereocenters. The van der Waals surface area contributed by atoms with Gasteiger partial charge in [-0.2, -0.15) is 0 Å². The van der Waals surface area contributed by atoms with Crippen LogP contribution in [0.4, 0.5) is 4.79 Å². The number of amides is 2. The van der Waals surface area contributed by atoms with Crippen LogP contribution in [0.1, 0.15) is 18.5 Å². The minimum Gasteiger partial charge on any atom is -0.331 e. The lowest BCUT2D eigenvalue weighted by Crippen LogP contribution is -2.45. The molecule has 0 saturated carbocycles. The van der Waals surface area contributed by atoms with E-state index in [1.807, 2.05) is 25.1 Å². The van der Waals surface area contributed by atoms with Gasteiger partial charge in [0.05, 0.1) is 5.69 Å². The van der Waals surface area contributed by atoms with Crippen molar-refractivity contribution in [2.75, 3.05) is 33.7 Å². The Morgan fingerprint density at radius 3 is 2.77 bits per heavy atom. The molecule has 2 amide bonds. The molecule has 4 heterocycles. The van der Waals surface area contributed by atoms with Crippen molar-refractivity contribution in [1.82, 2.24) is 19.7 Å². The van der Waals surface area contributed by atoms with Gasteiger partial charge >= 0.3 is 6.03 Å². The third-order valence-electron chi connectivity index (χ3n) is 5.42. The summed E-state index contributed by atoms with van der Waals surface area (Å²) < 4.78 is 0. The topological polar surface area (TPSA) is 39.7 Å². The first-order valence-electron chi connectivity index (χ1n) is 9.30. The van der Waals surface area contributed by atoms with Gasteiger partial charge in [-0.1, -0.05) is 30.3 Å². The van der Waals surface area contributed by atoms with E-state index in [1.54, 1.807) is 16.2 Å². The standard InChI is InChI=1S/C20H26N4OS/c1-22(2)20(25)24-11-15-8-9-18(13-24)23(10-15)12-17-14-26-19(21-17)16-6-4-3-5-7-16/h3-7,14-15,18H,8-13H2,1-2H3/t15-,18-/m0/s1. The summed E-state index contributed by atoms with van der Waals surface area (Å²) in [5.74, 6) is 0.574. The molecule has 0 radical (unpaired) electrons. The fourth-order valence-corrected chi connectivity index (χ4v) is 4.93. The number of urea groups is 1. The summed E-state index contributed by atoms with van der Waals surface area (Å²) >= 11 is 1.72. The van der Waals surface area contributed by atoms with Crippen LogP contribution in [0, 0.1) is 5.92 Å². The maximum absolute atomic E-state index is 12.4. The molecule has 3 fully saturated rings. The molecule has 0 aliphatic carbocycles. The number of nitrogens with zero attached hydrogens (tertiary/aromatic N) is 4. The quantitative estimate of drug-likeness (QED) is 0.831. The van der Waals surface area contributed by atoms with Crippen LogP contribution in [0.5, 0.6) is 0 Å². The SMILES string of the molecule is CN(C)C(=O)N1C[C@H]2CC[C@@H](C1)N(Cc1csc(-c3ccccc3)n1)C2. The monoisotopic (exact) mass is 370 g/mol. The lowest BCUT2D eigenvalue weighted by molar-refractivity contribution is 0.121. The summed E-state index contributed by atoms with van der Waals surface area (Å²) in [6.45, 7) is 3.67. The zero-order valence-corrected chi connectivity index (χ0v) is 16.3. The molecule has 26 heavy (non-hydrogen) atoms. The lowest BCUT2D eigenvalue weighted by atomic mass is 9.95. The van der Waals surface area contributed by atoms with Crippen LogP contribution in [0.2, 0.25) is 0 Å². The van der Waals surface area contributed by atoms with E-state index in [2.05, 4.69) is 34.5 Å². The number of carbonyl (C=O) groups is 1. The second-order valence-electron chi connectivity index (χ2n) is 7.62. The molecule has 0 N–H and O–H groups in total. The average Bonchev–Trinajstić information content (AvgIpc) is 2.92. The molecule has 3 aliphatic heterocycles. The highest BCUT2D eigenvalue weighted by molar-refractivity contribution is 7.13. The summed E-state index contributed by atoms with van der Waals surface area (Å²) in [7, 11) is 3.68. The van der Waals surface area contributed by atoms with Gasteiger partial charge in [0.2, 0.25) is 0 Å². The Morgan fingerprint density at radius 2 is 2.00 bits per heavy atom. The van der Waals surface area contributed by atoms with Gasteiger partial charge in [0.1, 0.15) is 5.01 Å². The molecular weight excluding hydrogens is 344 g/mol. The largest absolute Gasteiger partial charge is 0.331 e. The van der Waals surface area contributed by atoms with Crippen LogP contribution in [-0.4, -0.2) is 65.5 Å². The van der Waals surface area contributed by atoms with Crippen molar-refractivity contribution < 1.29 is 4.79 Å². The van der Waals surface area contributed by atoms with E-state index < -0.39 is 0 Å². The number of carbonyl (C=O) groups excluding carboxylic acids is 1. The lowest BCUT2D eigenvalue weighted by Gasteiger charge is -2.35. The number of piperidine rings is 1. The van der Waals surface area contributed by atoms with Crippen molar-refractivity contribution in [1.29, 1.82) is 0 Å². The van der Waals surface area contributed by atoms with Gasteiger partial charge in [-0.25, -0.2) is 9.78 Å². The Hall–Kier alpha value is -1.92. The van der Waals surface area contributed by atoms with Crippen molar-refractivity contribution >= 4 is 17.4 Å². The minimum absolute atomic E-state index is 0.142. The zero-order chi connectivity index (χ0) is 18.1. The van der Waals surface area contributed by atoms with Gasteiger partial charge in [-0.15, -0.1) is 11.3 Å². The van der Waals surface area contributed by atoms with Crippen LogP contribution in [0.3, 0.4) is 0 Å². The third-order valence-corrected chi connectivity index (χ3v) is 6.36. The summed E-state index contributed by atoms with van der Waals surface area (Å²) in [5.41, 5.74) is 2.33. The summed E-state index contributed by atoms with van der Waals surface area (Å²) in [6, 6.07) is 11.0. The van der Waals surface area contributed by atoms with E-state index in [-0.39, 0.29) is 6.03 Å². The highest BCUT2D eigenvalue weighted by Crippen LogP contribution is 2.31. The molecule has 0 unspecified atom stereocenters. The Morgan fingerprint density at radius 1 is 1.19 bits per heavy atom. The van der Waals surface area contributed by atoms with Crippen molar-refractivity contribution in [3.63, 3.8) is 0 Å². The van der Waals surface area contributed by atoms with Crippen LogP contribution >= 0.6 is 11.3 Å². The van der Waals surface area contributed by atoms with E-state index in [0.29, 0.717) is 12.0 Å². The Bertz CT molecular complexity index is 760. The summed E-state index contributed by atoms with van der Waals surface area (Å²) in [5, 5.41) is 3.27. The van der Waals surface area contributed by atoms with Crippen LogP contribution in [0.15, 0.2) is 35.7 Å². The average molecular weight is 371 g/mol. The zero-order valence-electron chi connectivity index (χ0n) is 15.5. The molecular formula is C20H26N4OS. The van der Waals surface area contributed by atoms with Crippen molar-refractivity contribution in [2.45, 2.75) is 25.4 Å². The van der Waals surface area contributed by atoms with Gasteiger partial charge < -0.3 is 9.80 Å². The van der Waals surface area contributed by atoms with Crippen molar-refractivity contribution in [3.8, 4) is 10.6 Å². The van der Waals surface area contributed by atoms with Gasteiger partial charge in [0.25, 0.3) is 0 Å². The van der Waals surface area contributed by atoms with Gasteiger partial charge in [0, 0.05) is 57.3 Å². The maximum atomic E-state index is 12.4. The van der Waals surface area contributed by atoms with E-state index in [1.165, 1.54) is 18.4 Å². The van der Waals surface area contributed by atoms with E-state index in [0.717, 1.165) is 36.9 Å². The van der Waals surface area contributed by atoms with E-state index in [4.69, 9.17) is 4.98 Å². The van der Waals surface area contributed by atoms with E-state index >= 15 is 0 Å². The fraction of sp³-hybridized carbons (Fsp3) is 0.500. The van der Waals surface area contributed by atoms with E-state index in [9.17, 15) is 4.79 Å². The molecule has 138 valence electrons. The molecule has 1 aromatic heterocycles. The predicted molar refractivity (Wildman–Crippen MR) is 105 cm³/mol. The molecule has 6 heteroatoms. The number of thiazole rings is 1. The van der Waals surface area contributed by atoms with Crippen LogP contribution in [0.25, 0.3) is 10.6 Å². The number of rotatable bonds is 3. The number of hydrogen-bond acceptors (Lipinski definition) is 4. The molecule has 2 bridgehead atoms. The smallest absolute Gasteiger partial charge is 0.319 e. The highest BCUT2D eigenvalue weighted by atomic mass is 32.1. The molecule has 5 rings (SSSR count). The first-order chi connectivity index (χ1) is 12.6. The van der Waals surface area contributed by atoms with Crippen LogP contribution in [-0.2, 0) is 6.54 Å². The van der Waals surface area contributed by atoms with Gasteiger partial charge in [-0.05, 0) is 18.8 Å².